The van der Waals surface area contributed by atoms with Crippen LogP contribution in [0.25, 0.3) is 0 Å². The van der Waals surface area contributed by atoms with E-state index >= 15 is 0 Å². The number of benzene rings is 3. The molecule has 0 bridgehead atoms. The summed E-state index contributed by atoms with van der Waals surface area (Å²) in [5.41, 5.74) is 0.905. The van der Waals surface area contributed by atoms with Crippen molar-refractivity contribution in [3.05, 3.63) is 96.6 Å². The highest BCUT2D eigenvalue weighted by Crippen LogP contribution is 2.39. The Labute approximate surface area is 221 Å². The molecule has 0 saturated carbocycles. The quantitative estimate of drug-likeness (QED) is 0.339. The van der Waals surface area contributed by atoms with Gasteiger partial charge in [0.25, 0.3) is 8.32 Å². The molecule has 1 saturated heterocycles. The summed E-state index contributed by atoms with van der Waals surface area (Å²) < 4.78 is 12.4. The van der Waals surface area contributed by atoms with Gasteiger partial charge in [0.2, 0.25) is 5.91 Å². The van der Waals surface area contributed by atoms with Crippen LogP contribution in [0.3, 0.4) is 0 Å². The van der Waals surface area contributed by atoms with Crippen LogP contribution < -0.4 is 15.7 Å². The van der Waals surface area contributed by atoms with Crippen LogP contribution in [0.4, 0.5) is 0 Å². The van der Waals surface area contributed by atoms with E-state index in [1.54, 1.807) is 6.92 Å². The molecule has 6 heteroatoms. The smallest absolute Gasteiger partial charge is 0.306 e. The van der Waals surface area contributed by atoms with Crippen molar-refractivity contribution < 1.29 is 18.8 Å². The molecule has 1 amide bonds. The van der Waals surface area contributed by atoms with E-state index in [4.69, 9.17) is 9.16 Å². The molecule has 5 nitrogen and oxygen atoms in total. The zero-order valence-corrected chi connectivity index (χ0v) is 23.1. The Bertz CT molecular complexity index is 1140. The van der Waals surface area contributed by atoms with E-state index < -0.39 is 14.2 Å². The van der Waals surface area contributed by atoms with E-state index in [-0.39, 0.29) is 35.3 Å². The molecule has 3 aromatic carbocycles. The molecule has 1 aliphatic rings. The molecular weight excluding hydrogens is 478 g/mol. The van der Waals surface area contributed by atoms with Gasteiger partial charge in [0.05, 0.1) is 31.6 Å². The number of ether oxygens (including phenoxy) is 1. The number of nitrogens with one attached hydrogen (secondary N) is 1. The van der Waals surface area contributed by atoms with Crippen molar-refractivity contribution in [2.45, 2.75) is 51.1 Å². The average Bonchev–Trinajstić information content (AvgIpc) is 3.20. The lowest BCUT2D eigenvalue weighted by Gasteiger charge is -2.43. The summed E-state index contributed by atoms with van der Waals surface area (Å²) in [5.74, 6) is -1.07. The third-order valence-corrected chi connectivity index (χ3v) is 12.3. The van der Waals surface area contributed by atoms with Crippen LogP contribution in [-0.2, 0) is 18.8 Å². The Balaban J connectivity index is 1.72. The van der Waals surface area contributed by atoms with E-state index in [9.17, 15) is 9.59 Å². The number of esters is 1. The van der Waals surface area contributed by atoms with Crippen molar-refractivity contribution >= 4 is 30.6 Å². The second-order valence-corrected chi connectivity index (χ2v) is 15.0. The van der Waals surface area contributed by atoms with Gasteiger partial charge in [-0.3, -0.25) is 9.59 Å². The molecule has 0 radical (unpaired) electrons. The predicted octanol–water partition coefficient (Wildman–Crippen LogP) is 4.41. The van der Waals surface area contributed by atoms with Crippen LogP contribution in [0.15, 0.2) is 91.0 Å². The van der Waals surface area contributed by atoms with Crippen molar-refractivity contribution in [1.82, 2.24) is 5.32 Å². The van der Waals surface area contributed by atoms with Crippen LogP contribution in [-0.4, -0.2) is 39.4 Å². The summed E-state index contributed by atoms with van der Waals surface area (Å²) in [6.45, 7) is 9.12. The molecule has 1 aliphatic heterocycles. The lowest BCUT2D eigenvalue weighted by Crippen LogP contribution is -2.67. The predicted molar refractivity (Wildman–Crippen MR) is 149 cm³/mol. The van der Waals surface area contributed by atoms with Crippen molar-refractivity contribution in [3.8, 4) is 0 Å². The fourth-order valence-corrected chi connectivity index (χ4v) is 10.3. The minimum absolute atomic E-state index is 0.0726. The minimum atomic E-state index is -2.79. The first kappa shape index (κ1) is 26.8. The van der Waals surface area contributed by atoms with Gasteiger partial charge in [0.15, 0.2) is 0 Å². The van der Waals surface area contributed by atoms with Gasteiger partial charge in [-0.1, -0.05) is 112 Å². The summed E-state index contributed by atoms with van der Waals surface area (Å²) in [6, 6.07) is 30.3. The number of hydrogen-bond acceptors (Lipinski definition) is 4. The van der Waals surface area contributed by atoms with Gasteiger partial charge >= 0.3 is 5.97 Å². The molecule has 0 aliphatic carbocycles. The van der Waals surface area contributed by atoms with Crippen LogP contribution in [0.2, 0.25) is 5.04 Å². The molecular formula is C31H37NO4Si. The Morgan fingerprint density at radius 2 is 1.38 bits per heavy atom. The molecule has 194 valence electrons. The third-order valence-electron chi connectivity index (χ3n) is 7.32. The van der Waals surface area contributed by atoms with Crippen molar-refractivity contribution in [2.75, 3.05) is 13.2 Å². The first-order valence-electron chi connectivity index (χ1n) is 13.0. The summed E-state index contributed by atoms with van der Waals surface area (Å²) in [7, 11) is -2.79. The second kappa shape index (κ2) is 11.4. The zero-order chi connectivity index (χ0) is 26.5. The molecule has 1 fully saturated rings. The zero-order valence-electron chi connectivity index (χ0n) is 22.1. The molecule has 3 aromatic rings. The van der Waals surface area contributed by atoms with E-state index in [0.29, 0.717) is 13.2 Å². The number of carbonyl (C=O) groups is 2. The molecule has 3 atom stereocenters. The monoisotopic (exact) mass is 515 g/mol. The normalized spacial score (nSPS) is 19.9. The molecule has 0 aromatic heterocycles. The lowest BCUT2D eigenvalue weighted by molar-refractivity contribution is -0.144. The number of amides is 1. The summed E-state index contributed by atoms with van der Waals surface area (Å²) in [4.78, 5) is 25.9. The highest BCUT2D eigenvalue weighted by atomic mass is 28.4. The Kier molecular flexibility index (Phi) is 8.30. The Hall–Kier alpha value is -3.22. The van der Waals surface area contributed by atoms with E-state index in [0.717, 1.165) is 5.56 Å². The van der Waals surface area contributed by atoms with Crippen LogP contribution in [0.5, 0.6) is 0 Å². The Morgan fingerprint density at radius 3 is 1.86 bits per heavy atom. The van der Waals surface area contributed by atoms with Gasteiger partial charge in [0.1, 0.15) is 0 Å². The number of carbonyl (C=O) groups excluding carboxylic acids is 2. The topological polar surface area (TPSA) is 64.6 Å². The first-order valence-corrected chi connectivity index (χ1v) is 14.9. The van der Waals surface area contributed by atoms with Gasteiger partial charge in [-0.05, 0) is 27.9 Å². The first-order chi connectivity index (χ1) is 17.8. The summed E-state index contributed by atoms with van der Waals surface area (Å²) in [6.07, 6.45) is 0.154. The van der Waals surface area contributed by atoms with Crippen LogP contribution in [0.1, 0.15) is 45.6 Å². The summed E-state index contributed by atoms with van der Waals surface area (Å²) in [5, 5.41) is 5.35. The molecule has 37 heavy (non-hydrogen) atoms. The summed E-state index contributed by atoms with van der Waals surface area (Å²) >= 11 is 0. The van der Waals surface area contributed by atoms with E-state index in [1.807, 2.05) is 42.5 Å². The maximum absolute atomic E-state index is 13.3. The van der Waals surface area contributed by atoms with Gasteiger partial charge in [0, 0.05) is 5.92 Å². The molecule has 1 N–H and O–H groups in total. The molecule has 0 unspecified atom stereocenters. The van der Waals surface area contributed by atoms with Gasteiger partial charge in [-0.25, -0.2) is 0 Å². The molecule has 4 rings (SSSR count). The molecule has 1 heterocycles. The van der Waals surface area contributed by atoms with Gasteiger partial charge in [-0.15, -0.1) is 0 Å². The van der Waals surface area contributed by atoms with E-state index in [1.165, 1.54) is 10.4 Å². The SMILES string of the molecule is CCOC(=O)C[C@H]1[C@H](CO[Si](c2ccccc2)(c2ccccc2)C(C)(C)C)NC(=O)[C@H]1c1ccccc1. The van der Waals surface area contributed by atoms with E-state index in [2.05, 4.69) is 74.6 Å². The average molecular weight is 516 g/mol. The minimum Gasteiger partial charge on any atom is -0.466 e. The Morgan fingerprint density at radius 1 is 0.865 bits per heavy atom. The maximum atomic E-state index is 13.3. The second-order valence-electron chi connectivity index (χ2n) is 10.7. The fourth-order valence-electron chi connectivity index (χ4n) is 5.68. The van der Waals surface area contributed by atoms with Crippen molar-refractivity contribution in [3.63, 3.8) is 0 Å². The number of rotatable bonds is 9. The lowest BCUT2D eigenvalue weighted by atomic mass is 9.83. The number of hydrogen-bond donors (Lipinski definition) is 1. The van der Waals surface area contributed by atoms with Crippen molar-refractivity contribution in [2.24, 2.45) is 5.92 Å². The fraction of sp³-hybridized carbons (Fsp3) is 0.355. The maximum Gasteiger partial charge on any atom is 0.306 e. The van der Waals surface area contributed by atoms with Gasteiger partial charge in [-0.2, -0.15) is 0 Å². The van der Waals surface area contributed by atoms with Crippen molar-refractivity contribution in [1.29, 1.82) is 0 Å². The van der Waals surface area contributed by atoms with Gasteiger partial charge < -0.3 is 14.5 Å². The highest BCUT2D eigenvalue weighted by Gasteiger charge is 2.52. The third kappa shape index (κ3) is 5.55. The molecule has 0 spiro atoms. The van der Waals surface area contributed by atoms with Crippen LogP contribution >= 0.6 is 0 Å². The standard InChI is InChI=1S/C31H37NO4Si/c1-5-35-28(33)21-26-27(32-30(34)29(26)23-15-9-6-10-16-23)22-36-37(31(2,3)4,24-17-11-7-12-18-24)25-19-13-8-14-20-25/h6-20,26-27,29H,5,21-22H2,1-4H3,(H,32,34)/t26-,27-,29-/m0/s1. The highest BCUT2D eigenvalue weighted by molar-refractivity contribution is 6.99. The largest absolute Gasteiger partial charge is 0.466 e. The van der Waals surface area contributed by atoms with Crippen LogP contribution in [0, 0.1) is 5.92 Å².